The van der Waals surface area contributed by atoms with Crippen LogP contribution in [-0.4, -0.2) is 19.3 Å². The largest absolute Gasteiger partial charge is 0.447 e. The van der Waals surface area contributed by atoms with Crippen LogP contribution in [0.3, 0.4) is 0 Å². The summed E-state index contributed by atoms with van der Waals surface area (Å²) in [6, 6.07) is 1.80. The van der Waals surface area contributed by atoms with Crippen molar-refractivity contribution in [3.8, 4) is 0 Å². The quantitative estimate of drug-likeness (QED) is 0.851. The van der Waals surface area contributed by atoms with Crippen LogP contribution < -0.4 is 10.5 Å². The monoisotopic (exact) mass is 315 g/mol. The van der Waals surface area contributed by atoms with E-state index in [2.05, 4.69) is 9.71 Å². The van der Waals surface area contributed by atoms with E-state index >= 15 is 0 Å². The van der Waals surface area contributed by atoms with Crippen molar-refractivity contribution in [3.05, 3.63) is 34.4 Å². The van der Waals surface area contributed by atoms with Gasteiger partial charge in [-0.1, -0.05) is 0 Å². The second-order valence-electron chi connectivity index (χ2n) is 4.14. The molecule has 0 atom stereocenters. The third kappa shape index (κ3) is 3.06. The Morgan fingerprint density at radius 3 is 2.70 bits per heavy atom. The number of nitrogens with one attached hydrogen (secondary N) is 1. The molecule has 0 radical (unpaired) electrons. The molecule has 0 spiro atoms. The smallest absolute Gasteiger partial charge is 0.270 e. The normalized spacial score (nSPS) is 11.7. The van der Waals surface area contributed by atoms with Gasteiger partial charge in [0.05, 0.1) is 6.54 Å². The zero-order valence-corrected chi connectivity index (χ0v) is 12.5. The summed E-state index contributed by atoms with van der Waals surface area (Å²) in [4.78, 5) is 15.5. The molecule has 2 aromatic rings. The lowest BCUT2D eigenvalue weighted by atomic mass is 10.4. The van der Waals surface area contributed by atoms with E-state index in [1.165, 1.54) is 11.3 Å². The summed E-state index contributed by atoms with van der Waals surface area (Å²) in [5.74, 6) is -0.652. The van der Waals surface area contributed by atoms with Gasteiger partial charge in [0, 0.05) is 4.88 Å². The number of primary amides is 1. The van der Waals surface area contributed by atoms with Gasteiger partial charge in [0.15, 0.2) is 5.69 Å². The first-order valence-electron chi connectivity index (χ1n) is 5.60. The Hall–Kier alpha value is -1.71. The fourth-order valence-electron chi connectivity index (χ4n) is 1.61. The molecule has 108 valence electrons. The number of amides is 1. The highest BCUT2D eigenvalue weighted by Crippen LogP contribution is 2.25. The maximum absolute atomic E-state index is 12.1. The van der Waals surface area contributed by atoms with Crippen molar-refractivity contribution in [2.75, 3.05) is 0 Å². The van der Waals surface area contributed by atoms with Gasteiger partial charge in [-0.15, -0.1) is 11.3 Å². The van der Waals surface area contributed by atoms with Crippen molar-refractivity contribution < 1.29 is 17.6 Å². The SMILES string of the molecule is Cc1cc(C)c(S(=O)(=O)NCc2nc(C(N)=O)co2)s1. The molecule has 0 bridgehead atoms. The highest BCUT2D eigenvalue weighted by Gasteiger charge is 2.20. The average molecular weight is 315 g/mol. The van der Waals surface area contributed by atoms with Gasteiger partial charge in [-0.25, -0.2) is 18.1 Å². The number of rotatable bonds is 5. The lowest BCUT2D eigenvalue weighted by Gasteiger charge is -2.03. The molecule has 9 heteroatoms. The first-order valence-corrected chi connectivity index (χ1v) is 7.90. The van der Waals surface area contributed by atoms with Gasteiger partial charge >= 0.3 is 0 Å². The number of nitrogens with zero attached hydrogens (tertiary/aromatic N) is 1. The summed E-state index contributed by atoms with van der Waals surface area (Å²) in [5.41, 5.74) is 5.67. The molecular weight excluding hydrogens is 302 g/mol. The van der Waals surface area contributed by atoms with Crippen LogP contribution in [0.4, 0.5) is 0 Å². The minimum absolute atomic E-state index is 0.0395. The van der Waals surface area contributed by atoms with Crippen LogP contribution in [-0.2, 0) is 16.6 Å². The van der Waals surface area contributed by atoms with Gasteiger partial charge < -0.3 is 10.2 Å². The predicted molar refractivity (Wildman–Crippen MR) is 72.8 cm³/mol. The Bertz CT molecular complexity index is 746. The van der Waals surface area contributed by atoms with E-state index in [-0.39, 0.29) is 22.3 Å². The number of carbonyl (C=O) groups is 1. The van der Waals surface area contributed by atoms with Crippen molar-refractivity contribution in [1.82, 2.24) is 9.71 Å². The van der Waals surface area contributed by atoms with Crippen molar-refractivity contribution in [1.29, 1.82) is 0 Å². The third-order valence-corrected chi connectivity index (χ3v) is 5.65. The van der Waals surface area contributed by atoms with Gasteiger partial charge in [-0.3, -0.25) is 4.79 Å². The van der Waals surface area contributed by atoms with Gasteiger partial charge in [0.2, 0.25) is 5.89 Å². The molecule has 0 aliphatic rings. The van der Waals surface area contributed by atoms with Crippen LogP contribution >= 0.6 is 11.3 Å². The van der Waals surface area contributed by atoms with Crippen LogP contribution in [0, 0.1) is 13.8 Å². The Morgan fingerprint density at radius 1 is 1.50 bits per heavy atom. The van der Waals surface area contributed by atoms with Crippen molar-refractivity contribution in [2.45, 2.75) is 24.6 Å². The lowest BCUT2D eigenvalue weighted by Crippen LogP contribution is -2.23. The highest BCUT2D eigenvalue weighted by atomic mass is 32.2. The number of nitrogens with two attached hydrogens (primary N) is 1. The van der Waals surface area contributed by atoms with Crippen LogP contribution in [0.15, 0.2) is 21.0 Å². The van der Waals surface area contributed by atoms with E-state index in [1.807, 2.05) is 6.92 Å². The van der Waals surface area contributed by atoms with Gasteiger partial charge in [0.1, 0.15) is 10.5 Å². The van der Waals surface area contributed by atoms with E-state index in [0.29, 0.717) is 5.56 Å². The molecule has 0 saturated heterocycles. The molecule has 0 saturated carbocycles. The number of hydrogen-bond donors (Lipinski definition) is 2. The number of hydrogen-bond acceptors (Lipinski definition) is 6. The van der Waals surface area contributed by atoms with Crippen molar-refractivity contribution >= 4 is 27.3 Å². The van der Waals surface area contributed by atoms with E-state index in [9.17, 15) is 13.2 Å². The number of carbonyl (C=O) groups excluding carboxylic acids is 1. The summed E-state index contributed by atoms with van der Waals surface area (Å²) in [7, 11) is -3.63. The maximum Gasteiger partial charge on any atom is 0.270 e. The van der Waals surface area contributed by atoms with Crippen molar-refractivity contribution in [3.63, 3.8) is 0 Å². The first-order chi connectivity index (χ1) is 9.29. The van der Waals surface area contributed by atoms with Crippen molar-refractivity contribution in [2.24, 2.45) is 5.73 Å². The zero-order valence-electron chi connectivity index (χ0n) is 10.8. The summed E-state index contributed by atoms with van der Waals surface area (Å²) in [6.45, 7) is 3.42. The summed E-state index contributed by atoms with van der Waals surface area (Å²) in [6.07, 6.45) is 1.09. The Balaban J connectivity index is 2.13. The topological polar surface area (TPSA) is 115 Å². The van der Waals surface area contributed by atoms with Crippen LogP contribution in [0.25, 0.3) is 0 Å². The fourth-order valence-corrected chi connectivity index (χ4v) is 4.30. The standard InChI is InChI=1S/C11H13N3O4S2/c1-6-3-7(2)19-11(6)20(16,17)13-4-9-14-8(5-18-9)10(12)15/h3,5,13H,4H2,1-2H3,(H2,12,15). The molecule has 20 heavy (non-hydrogen) atoms. The predicted octanol–water partition coefficient (Wildman–Crippen LogP) is 0.930. The zero-order chi connectivity index (χ0) is 14.9. The second-order valence-corrected chi connectivity index (χ2v) is 7.36. The molecule has 3 N–H and O–H groups in total. The number of sulfonamides is 1. The van der Waals surface area contributed by atoms with Gasteiger partial charge in [-0.2, -0.15) is 0 Å². The maximum atomic E-state index is 12.1. The molecular formula is C11H13N3O4S2. The Kier molecular flexibility index (Phi) is 3.93. The average Bonchev–Trinajstić information content (AvgIpc) is 2.93. The molecule has 7 nitrogen and oxygen atoms in total. The molecule has 0 aliphatic carbocycles. The van der Waals surface area contributed by atoms with Crippen LogP contribution in [0.5, 0.6) is 0 Å². The molecule has 2 aromatic heterocycles. The summed E-state index contributed by atoms with van der Waals surface area (Å²) in [5, 5.41) is 0. The van der Waals surface area contributed by atoms with E-state index in [0.717, 1.165) is 11.1 Å². The van der Waals surface area contributed by atoms with Crippen LogP contribution in [0.2, 0.25) is 0 Å². The van der Waals surface area contributed by atoms with E-state index in [4.69, 9.17) is 10.2 Å². The number of aromatic nitrogens is 1. The molecule has 0 aromatic carbocycles. The van der Waals surface area contributed by atoms with E-state index < -0.39 is 15.9 Å². The Morgan fingerprint density at radius 2 is 2.20 bits per heavy atom. The summed E-state index contributed by atoms with van der Waals surface area (Å²) >= 11 is 1.19. The highest BCUT2D eigenvalue weighted by molar-refractivity contribution is 7.91. The lowest BCUT2D eigenvalue weighted by molar-refractivity contribution is 0.0995. The molecule has 2 heterocycles. The molecule has 2 rings (SSSR count). The minimum Gasteiger partial charge on any atom is -0.447 e. The number of thiophene rings is 1. The number of aryl methyl sites for hydroxylation is 2. The van der Waals surface area contributed by atoms with Crippen LogP contribution in [0.1, 0.15) is 26.8 Å². The third-order valence-electron chi connectivity index (χ3n) is 2.46. The molecule has 0 unspecified atom stereocenters. The molecule has 1 amide bonds. The van der Waals surface area contributed by atoms with Gasteiger partial charge in [0.25, 0.3) is 15.9 Å². The summed E-state index contributed by atoms with van der Waals surface area (Å²) < 4.78 is 31.8. The van der Waals surface area contributed by atoms with Gasteiger partial charge in [-0.05, 0) is 25.5 Å². The second kappa shape index (κ2) is 5.35. The number of oxazole rings is 1. The minimum atomic E-state index is -3.63. The molecule has 0 aliphatic heterocycles. The first kappa shape index (κ1) is 14.7. The fraction of sp³-hybridized carbons (Fsp3) is 0.273. The Labute approximate surface area is 119 Å². The molecule has 0 fully saturated rings. The van der Waals surface area contributed by atoms with E-state index in [1.54, 1.807) is 13.0 Å².